The molecule has 7 nitrogen and oxygen atoms in total. The lowest BCUT2D eigenvalue weighted by Gasteiger charge is -2.32. The van der Waals surface area contributed by atoms with Gasteiger partial charge in [0.15, 0.2) is 11.5 Å². The molecule has 0 aliphatic heterocycles. The Morgan fingerprint density at radius 2 is 2.00 bits per heavy atom. The average Bonchev–Trinajstić information content (AvgIpc) is 2.69. The van der Waals surface area contributed by atoms with E-state index in [0.717, 1.165) is 25.3 Å². The molecule has 1 aromatic heterocycles. The second-order valence-electron chi connectivity index (χ2n) is 6.91. The standard InChI is InChI=1S/C20H19ClN2O5/c1-12(18(25)23-20(11-22)7-3-2-4-8-20)27-19(26)17-10-15(24)14-9-13(21)5-6-16(14)28-17/h5-6,9-10,12H,2-4,7-8H2,1H3,(H,23,25)/t12-/m1/s1. The lowest BCUT2D eigenvalue weighted by Crippen LogP contribution is -2.52. The fourth-order valence-corrected chi connectivity index (χ4v) is 3.43. The Bertz CT molecular complexity index is 1020. The first-order valence-corrected chi connectivity index (χ1v) is 9.39. The maximum Gasteiger partial charge on any atom is 0.375 e. The molecule has 1 heterocycles. The summed E-state index contributed by atoms with van der Waals surface area (Å²) >= 11 is 5.86. The summed E-state index contributed by atoms with van der Waals surface area (Å²) < 4.78 is 10.6. The first-order chi connectivity index (χ1) is 13.3. The molecule has 0 radical (unpaired) electrons. The third-order valence-corrected chi connectivity index (χ3v) is 5.06. The fourth-order valence-electron chi connectivity index (χ4n) is 3.26. The van der Waals surface area contributed by atoms with Crippen LogP contribution >= 0.6 is 11.6 Å². The molecule has 1 aliphatic rings. The van der Waals surface area contributed by atoms with Gasteiger partial charge >= 0.3 is 5.97 Å². The number of ether oxygens (including phenoxy) is 1. The Hall–Kier alpha value is -2.85. The number of nitrogens with one attached hydrogen (secondary N) is 1. The lowest BCUT2D eigenvalue weighted by atomic mass is 9.83. The van der Waals surface area contributed by atoms with Crippen LogP contribution in [0.15, 0.2) is 33.5 Å². The monoisotopic (exact) mass is 402 g/mol. The number of nitriles is 1. The van der Waals surface area contributed by atoms with Gasteiger partial charge in [0.1, 0.15) is 11.1 Å². The third-order valence-electron chi connectivity index (χ3n) is 4.83. The zero-order chi connectivity index (χ0) is 20.3. The molecular formula is C20H19ClN2O5. The van der Waals surface area contributed by atoms with Gasteiger partial charge in [-0.1, -0.05) is 30.9 Å². The number of hydrogen-bond donors (Lipinski definition) is 1. The van der Waals surface area contributed by atoms with E-state index in [4.69, 9.17) is 20.8 Å². The van der Waals surface area contributed by atoms with Crippen LogP contribution in [-0.4, -0.2) is 23.5 Å². The number of amides is 1. The first-order valence-electron chi connectivity index (χ1n) is 9.01. The summed E-state index contributed by atoms with van der Waals surface area (Å²) in [7, 11) is 0. The van der Waals surface area contributed by atoms with Crippen molar-refractivity contribution in [2.45, 2.75) is 50.7 Å². The van der Waals surface area contributed by atoms with Crippen LogP contribution in [0.25, 0.3) is 11.0 Å². The van der Waals surface area contributed by atoms with Crippen LogP contribution in [0.3, 0.4) is 0 Å². The van der Waals surface area contributed by atoms with E-state index in [9.17, 15) is 19.6 Å². The van der Waals surface area contributed by atoms with Gasteiger partial charge in [-0.05, 0) is 38.0 Å². The van der Waals surface area contributed by atoms with Crippen molar-refractivity contribution in [3.05, 3.63) is 45.3 Å². The van der Waals surface area contributed by atoms with Crippen molar-refractivity contribution in [1.82, 2.24) is 5.32 Å². The molecule has 1 saturated carbocycles. The smallest absolute Gasteiger partial charge is 0.375 e. The molecule has 2 aromatic rings. The van der Waals surface area contributed by atoms with Gasteiger partial charge in [-0.15, -0.1) is 0 Å². The summed E-state index contributed by atoms with van der Waals surface area (Å²) in [5.41, 5.74) is -1.19. The van der Waals surface area contributed by atoms with Crippen LogP contribution in [0.4, 0.5) is 0 Å². The highest BCUT2D eigenvalue weighted by atomic mass is 35.5. The van der Waals surface area contributed by atoms with Crippen molar-refractivity contribution in [3.8, 4) is 6.07 Å². The molecule has 0 unspecified atom stereocenters. The molecule has 8 heteroatoms. The van der Waals surface area contributed by atoms with Crippen LogP contribution < -0.4 is 10.7 Å². The number of esters is 1. The molecule has 1 aliphatic carbocycles. The van der Waals surface area contributed by atoms with Gasteiger partial charge in [0.05, 0.1) is 11.5 Å². The van der Waals surface area contributed by atoms with Gasteiger partial charge in [0.25, 0.3) is 5.91 Å². The van der Waals surface area contributed by atoms with Crippen molar-refractivity contribution in [2.24, 2.45) is 0 Å². The van der Waals surface area contributed by atoms with E-state index in [2.05, 4.69) is 11.4 Å². The van der Waals surface area contributed by atoms with Crippen molar-refractivity contribution in [3.63, 3.8) is 0 Å². The average molecular weight is 403 g/mol. The number of carbonyl (C=O) groups excluding carboxylic acids is 2. The Morgan fingerprint density at radius 1 is 1.29 bits per heavy atom. The highest BCUT2D eigenvalue weighted by Gasteiger charge is 2.35. The topological polar surface area (TPSA) is 109 Å². The van der Waals surface area contributed by atoms with Crippen molar-refractivity contribution in [2.75, 3.05) is 0 Å². The minimum Gasteiger partial charge on any atom is -0.449 e. The summed E-state index contributed by atoms with van der Waals surface area (Å²) in [5.74, 6) is -1.81. The molecular weight excluding hydrogens is 384 g/mol. The van der Waals surface area contributed by atoms with E-state index >= 15 is 0 Å². The van der Waals surface area contributed by atoms with Crippen LogP contribution in [0, 0.1) is 11.3 Å². The van der Waals surface area contributed by atoms with Gasteiger partial charge in [-0.3, -0.25) is 9.59 Å². The van der Waals surface area contributed by atoms with E-state index in [0.29, 0.717) is 17.9 Å². The minimum atomic E-state index is -1.15. The second-order valence-corrected chi connectivity index (χ2v) is 7.34. The number of hydrogen-bond acceptors (Lipinski definition) is 6. The van der Waals surface area contributed by atoms with Crippen LogP contribution in [0.1, 0.15) is 49.6 Å². The lowest BCUT2D eigenvalue weighted by molar-refractivity contribution is -0.130. The molecule has 0 saturated heterocycles. The Morgan fingerprint density at radius 3 is 2.68 bits per heavy atom. The summed E-state index contributed by atoms with van der Waals surface area (Å²) in [4.78, 5) is 36.9. The van der Waals surface area contributed by atoms with Gasteiger partial charge in [0.2, 0.25) is 5.76 Å². The molecule has 1 N–H and O–H groups in total. The highest BCUT2D eigenvalue weighted by molar-refractivity contribution is 6.31. The Balaban J connectivity index is 1.72. The van der Waals surface area contributed by atoms with Crippen LogP contribution in [0.5, 0.6) is 0 Å². The molecule has 146 valence electrons. The van der Waals surface area contributed by atoms with Gasteiger partial charge in [-0.2, -0.15) is 5.26 Å². The number of fused-ring (bicyclic) bond motifs is 1. The maximum atomic E-state index is 12.4. The largest absolute Gasteiger partial charge is 0.449 e. The number of carbonyl (C=O) groups is 2. The van der Waals surface area contributed by atoms with E-state index < -0.39 is 28.9 Å². The molecule has 0 spiro atoms. The Labute approximate surface area is 166 Å². The second kappa shape index (κ2) is 8.03. The zero-order valence-electron chi connectivity index (χ0n) is 15.3. The molecule has 28 heavy (non-hydrogen) atoms. The minimum absolute atomic E-state index is 0.187. The molecule has 1 fully saturated rings. The predicted octanol–water partition coefficient (Wildman–Crippen LogP) is 3.33. The first kappa shape index (κ1) is 19.9. The van der Waals surface area contributed by atoms with Gasteiger partial charge < -0.3 is 14.5 Å². The van der Waals surface area contributed by atoms with E-state index in [1.165, 1.54) is 25.1 Å². The van der Waals surface area contributed by atoms with Gasteiger partial charge in [-0.25, -0.2) is 4.79 Å². The molecule has 1 amide bonds. The number of halogens is 1. The summed E-state index contributed by atoms with van der Waals surface area (Å²) in [5, 5.41) is 12.8. The summed E-state index contributed by atoms with van der Waals surface area (Å²) in [6, 6.07) is 7.63. The number of benzene rings is 1. The quantitative estimate of drug-likeness (QED) is 0.785. The van der Waals surface area contributed by atoms with Crippen LogP contribution in [-0.2, 0) is 9.53 Å². The third kappa shape index (κ3) is 4.18. The van der Waals surface area contributed by atoms with Gasteiger partial charge in [0, 0.05) is 11.1 Å². The van der Waals surface area contributed by atoms with Crippen molar-refractivity contribution >= 4 is 34.4 Å². The van der Waals surface area contributed by atoms with Crippen LogP contribution in [0.2, 0.25) is 5.02 Å². The number of nitrogens with zero attached hydrogens (tertiary/aromatic N) is 1. The fraction of sp³-hybridized carbons (Fsp3) is 0.400. The maximum absolute atomic E-state index is 12.4. The predicted molar refractivity (Wildman–Crippen MR) is 102 cm³/mol. The normalized spacial score (nSPS) is 16.8. The molecule has 1 atom stereocenters. The van der Waals surface area contributed by atoms with Crippen molar-refractivity contribution < 1.29 is 18.7 Å². The summed E-state index contributed by atoms with van der Waals surface area (Å²) in [6.45, 7) is 1.40. The highest BCUT2D eigenvalue weighted by Crippen LogP contribution is 2.27. The Kier molecular flexibility index (Phi) is 5.71. The molecule has 0 bridgehead atoms. The molecule has 1 aromatic carbocycles. The van der Waals surface area contributed by atoms with E-state index in [-0.39, 0.29) is 16.7 Å². The van der Waals surface area contributed by atoms with E-state index in [1.807, 2.05) is 0 Å². The molecule has 3 rings (SSSR count). The SMILES string of the molecule is C[C@@H](OC(=O)c1cc(=O)c2cc(Cl)ccc2o1)C(=O)NC1(C#N)CCCCC1. The van der Waals surface area contributed by atoms with Crippen molar-refractivity contribution in [1.29, 1.82) is 5.26 Å². The summed E-state index contributed by atoms with van der Waals surface area (Å²) in [6.07, 6.45) is 2.72. The van der Waals surface area contributed by atoms with E-state index in [1.54, 1.807) is 0 Å². The zero-order valence-corrected chi connectivity index (χ0v) is 16.0. The number of rotatable bonds is 4.